The topological polar surface area (TPSA) is 73.8 Å². The molecule has 5 rings (SSSR count). The third-order valence-electron chi connectivity index (χ3n) is 8.01. The summed E-state index contributed by atoms with van der Waals surface area (Å²) in [6.45, 7) is 20.8. The number of benzene rings is 1. The fourth-order valence-electron chi connectivity index (χ4n) is 5.73. The van der Waals surface area contributed by atoms with Crippen molar-refractivity contribution in [3.8, 4) is 10.4 Å². The summed E-state index contributed by atoms with van der Waals surface area (Å²) in [5, 5.41) is 12.3. The molecule has 4 heterocycles. The van der Waals surface area contributed by atoms with Crippen LogP contribution in [-0.4, -0.2) is 18.2 Å². The lowest BCUT2D eigenvalue weighted by molar-refractivity contribution is -0.385. The highest BCUT2D eigenvalue weighted by atomic mass is 32.1. The molecule has 1 unspecified atom stereocenters. The fourth-order valence-corrected chi connectivity index (χ4v) is 8.84. The Labute approximate surface area is 255 Å². The van der Waals surface area contributed by atoms with Crippen LogP contribution in [0.1, 0.15) is 98.4 Å². The van der Waals surface area contributed by atoms with Crippen LogP contribution in [0.25, 0.3) is 41.9 Å². The third kappa shape index (κ3) is 5.82. The molecule has 0 aliphatic rings. The van der Waals surface area contributed by atoms with Gasteiger partial charge < -0.3 is 4.57 Å². The van der Waals surface area contributed by atoms with Gasteiger partial charge in [-0.25, -0.2) is 0 Å². The summed E-state index contributed by atoms with van der Waals surface area (Å²) in [5.41, 5.74) is 5.19. The predicted octanol–water partition coefficient (Wildman–Crippen LogP) is 10.9. The van der Waals surface area contributed by atoms with Crippen molar-refractivity contribution in [2.45, 2.75) is 105 Å². The molecule has 0 saturated heterocycles. The van der Waals surface area contributed by atoms with Gasteiger partial charge >= 0.3 is 0 Å². The highest BCUT2D eigenvalue weighted by Gasteiger charge is 2.32. The Morgan fingerprint density at radius 3 is 2.17 bits per heavy atom. The van der Waals surface area contributed by atoms with Gasteiger partial charge in [-0.15, -0.1) is 22.7 Å². The van der Waals surface area contributed by atoms with E-state index >= 15 is 0 Å². The zero-order valence-electron chi connectivity index (χ0n) is 25.8. The first-order valence-electron chi connectivity index (χ1n) is 14.7. The molecule has 220 valence electrons. The van der Waals surface area contributed by atoms with Crippen molar-refractivity contribution in [1.29, 1.82) is 0 Å². The maximum Gasteiger partial charge on any atom is 0.276 e. The summed E-state index contributed by atoms with van der Waals surface area (Å²) in [4.78, 5) is 14.4. The second-order valence-corrected chi connectivity index (χ2v) is 16.7. The van der Waals surface area contributed by atoms with Crippen LogP contribution in [-0.2, 0) is 17.4 Å². The standard InChI is InChI=1S/C32H42N4O2S3/c1-18(2)11-10-12-19(3)13-14-35-22-16-24(39-29(22)30-23(35)17-25(40-30)31(4,5)6)20-15-21(36(37)38)26(32(7,8)9)28-27(20)33-41-34-28/h15-19H,10-14H2,1-9H3. The van der Waals surface area contributed by atoms with Gasteiger partial charge in [0.1, 0.15) is 11.0 Å². The van der Waals surface area contributed by atoms with Crippen molar-refractivity contribution in [2.24, 2.45) is 11.8 Å². The minimum absolute atomic E-state index is 0.0763. The van der Waals surface area contributed by atoms with Crippen LogP contribution in [0.5, 0.6) is 0 Å². The van der Waals surface area contributed by atoms with E-state index in [4.69, 9.17) is 0 Å². The summed E-state index contributed by atoms with van der Waals surface area (Å²) < 4.78 is 14.3. The number of hydrogen-bond acceptors (Lipinski definition) is 7. The van der Waals surface area contributed by atoms with Gasteiger partial charge in [0.2, 0.25) is 0 Å². The molecule has 1 atom stereocenters. The van der Waals surface area contributed by atoms with E-state index in [-0.39, 0.29) is 16.0 Å². The molecule has 0 bridgehead atoms. The number of aryl methyl sites for hydroxylation is 1. The number of fused-ring (bicyclic) bond motifs is 4. The highest BCUT2D eigenvalue weighted by molar-refractivity contribution is 7.29. The van der Waals surface area contributed by atoms with E-state index in [1.54, 1.807) is 17.4 Å². The average molecular weight is 611 g/mol. The van der Waals surface area contributed by atoms with Crippen LogP contribution in [0.2, 0.25) is 0 Å². The van der Waals surface area contributed by atoms with Crippen LogP contribution >= 0.6 is 34.4 Å². The average Bonchev–Trinajstić information content (AvgIpc) is 3.62. The minimum atomic E-state index is -0.427. The molecule has 0 aliphatic heterocycles. The van der Waals surface area contributed by atoms with Crippen molar-refractivity contribution in [3.05, 3.63) is 38.8 Å². The maximum atomic E-state index is 12.3. The molecule has 41 heavy (non-hydrogen) atoms. The lowest BCUT2D eigenvalue weighted by atomic mass is 9.84. The number of nitro groups is 1. The summed E-state index contributed by atoms with van der Waals surface area (Å²) >= 11 is 4.75. The SMILES string of the molecule is CC(C)CCCC(C)CCn1c2cc(-c3cc([N+](=O)[O-])c(C(C)(C)C)c4nsnc34)sc2c2sc(C(C)(C)C)cc21. The molecule has 0 radical (unpaired) electrons. The van der Waals surface area contributed by atoms with Gasteiger partial charge in [0.05, 0.1) is 42.6 Å². The summed E-state index contributed by atoms with van der Waals surface area (Å²) in [5.74, 6) is 1.41. The van der Waals surface area contributed by atoms with E-state index in [2.05, 4.69) is 67.0 Å². The van der Waals surface area contributed by atoms with E-state index in [1.807, 2.05) is 32.1 Å². The Morgan fingerprint density at radius 2 is 1.54 bits per heavy atom. The lowest BCUT2D eigenvalue weighted by Crippen LogP contribution is -2.15. The molecule has 5 aromatic rings. The monoisotopic (exact) mass is 610 g/mol. The first-order valence-corrected chi connectivity index (χ1v) is 17.0. The second-order valence-electron chi connectivity index (χ2n) is 14.1. The molecule has 0 fully saturated rings. The predicted molar refractivity (Wildman–Crippen MR) is 178 cm³/mol. The molecule has 1 aromatic carbocycles. The number of aromatic nitrogens is 3. The number of nitrogens with zero attached hydrogens (tertiary/aromatic N) is 4. The zero-order valence-corrected chi connectivity index (χ0v) is 28.2. The van der Waals surface area contributed by atoms with Crippen molar-refractivity contribution < 1.29 is 4.92 Å². The summed E-state index contributed by atoms with van der Waals surface area (Å²) in [6, 6.07) is 6.37. The van der Waals surface area contributed by atoms with Crippen molar-refractivity contribution >= 4 is 71.6 Å². The van der Waals surface area contributed by atoms with Crippen LogP contribution < -0.4 is 0 Å². The van der Waals surface area contributed by atoms with Crippen LogP contribution in [0.15, 0.2) is 18.2 Å². The quantitative estimate of drug-likeness (QED) is 0.123. The first-order chi connectivity index (χ1) is 19.2. The molecular weight excluding hydrogens is 569 g/mol. The Morgan fingerprint density at radius 1 is 0.878 bits per heavy atom. The Kier molecular flexibility index (Phi) is 8.11. The van der Waals surface area contributed by atoms with Crippen molar-refractivity contribution in [1.82, 2.24) is 13.3 Å². The normalized spacial score (nSPS) is 13.8. The van der Waals surface area contributed by atoms with E-state index in [0.29, 0.717) is 17.0 Å². The first kappa shape index (κ1) is 30.1. The summed E-state index contributed by atoms with van der Waals surface area (Å²) in [7, 11) is 0. The largest absolute Gasteiger partial charge is 0.339 e. The second kappa shape index (κ2) is 11.0. The van der Waals surface area contributed by atoms with Gasteiger partial charge in [-0.2, -0.15) is 8.75 Å². The van der Waals surface area contributed by atoms with Gasteiger partial charge in [-0.3, -0.25) is 10.1 Å². The van der Waals surface area contributed by atoms with E-state index < -0.39 is 5.41 Å². The van der Waals surface area contributed by atoms with Crippen molar-refractivity contribution in [2.75, 3.05) is 0 Å². The number of nitro benzene ring substituents is 1. The molecular formula is C32H42N4O2S3. The van der Waals surface area contributed by atoms with Gasteiger partial charge in [0, 0.05) is 27.9 Å². The number of hydrogen-bond donors (Lipinski definition) is 0. The third-order valence-corrected chi connectivity index (χ3v) is 11.4. The molecule has 0 spiro atoms. The van der Waals surface area contributed by atoms with Gasteiger partial charge in [0.25, 0.3) is 5.69 Å². The van der Waals surface area contributed by atoms with Crippen molar-refractivity contribution in [3.63, 3.8) is 0 Å². The smallest absolute Gasteiger partial charge is 0.276 e. The van der Waals surface area contributed by atoms with Crippen LogP contribution in [0.3, 0.4) is 0 Å². The van der Waals surface area contributed by atoms with E-state index in [0.717, 1.165) is 46.6 Å². The van der Waals surface area contributed by atoms with Gasteiger partial charge in [-0.1, -0.05) is 81.6 Å². The lowest BCUT2D eigenvalue weighted by Gasteiger charge is -2.19. The fraction of sp³-hybridized carbons (Fsp3) is 0.562. The molecule has 9 heteroatoms. The number of thiophene rings is 2. The summed E-state index contributed by atoms with van der Waals surface area (Å²) in [6.07, 6.45) is 4.96. The molecule has 6 nitrogen and oxygen atoms in total. The Balaban J connectivity index is 1.64. The minimum Gasteiger partial charge on any atom is -0.339 e. The molecule has 0 N–H and O–H groups in total. The Bertz CT molecular complexity index is 1720. The molecule has 0 amide bonds. The molecule has 0 saturated carbocycles. The maximum absolute atomic E-state index is 12.3. The Hall–Kier alpha value is -2.36. The molecule has 0 aliphatic carbocycles. The van der Waals surface area contributed by atoms with E-state index in [9.17, 15) is 10.1 Å². The molecule has 4 aromatic heterocycles. The van der Waals surface area contributed by atoms with Gasteiger partial charge in [0.15, 0.2) is 0 Å². The highest BCUT2D eigenvalue weighted by Crippen LogP contribution is 2.48. The number of rotatable bonds is 9. The zero-order chi connectivity index (χ0) is 29.9. The van der Waals surface area contributed by atoms with Crippen LogP contribution in [0.4, 0.5) is 5.69 Å². The van der Waals surface area contributed by atoms with Crippen LogP contribution in [0, 0.1) is 22.0 Å². The van der Waals surface area contributed by atoms with Gasteiger partial charge in [-0.05, 0) is 41.2 Å². The van der Waals surface area contributed by atoms with E-state index in [1.165, 1.54) is 44.6 Å².